The first kappa shape index (κ1) is 19.1. The molecule has 0 N–H and O–H groups in total. The smallest absolute Gasteiger partial charge is 0.305 e. The maximum atomic E-state index is 13.1. The third-order valence-electron chi connectivity index (χ3n) is 4.59. The second-order valence-corrected chi connectivity index (χ2v) is 8.20. The van der Waals surface area contributed by atoms with Crippen LogP contribution in [0.2, 0.25) is 0 Å². The van der Waals surface area contributed by atoms with Gasteiger partial charge < -0.3 is 9.64 Å². The molecule has 6 nitrogen and oxygen atoms in total. The molecule has 1 aliphatic heterocycles. The SMILES string of the molecule is COC(=O)CCCCCN1C(=O)c2ccccc2S(=O)(=O)c2ccccc21. The van der Waals surface area contributed by atoms with Crippen molar-refractivity contribution in [2.75, 3.05) is 18.6 Å². The summed E-state index contributed by atoms with van der Waals surface area (Å²) in [5, 5.41) is 0. The highest BCUT2D eigenvalue weighted by Gasteiger charge is 2.34. The van der Waals surface area contributed by atoms with Gasteiger partial charge in [0.15, 0.2) is 0 Å². The number of hydrogen-bond acceptors (Lipinski definition) is 5. The van der Waals surface area contributed by atoms with Crippen molar-refractivity contribution < 1.29 is 22.7 Å². The molecule has 2 aromatic carbocycles. The molecule has 0 unspecified atom stereocenters. The molecule has 1 aliphatic rings. The average Bonchev–Trinajstić information content (AvgIpc) is 2.76. The summed E-state index contributed by atoms with van der Waals surface area (Å²) in [4.78, 5) is 26.0. The number of carbonyl (C=O) groups excluding carboxylic acids is 2. The van der Waals surface area contributed by atoms with Crippen molar-refractivity contribution in [3.63, 3.8) is 0 Å². The van der Waals surface area contributed by atoms with Crippen molar-refractivity contribution >= 4 is 27.4 Å². The predicted octanol–water partition coefficient (Wildman–Crippen LogP) is 3.21. The van der Waals surface area contributed by atoms with Crippen molar-refractivity contribution in [2.45, 2.75) is 35.5 Å². The van der Waals surface area contributed by atoms with Crippen molar-refractivity contribution in [1.82, 2.24) is 0 Å². The molecule has 0 fully saturated rings. The van der Waals surface area contributed by atoms with Crippen molar-refractivity contribution in [3.8, 4) is 0 Å². The van der Waals surface area contributed by atoms with E-state index in [4.69, 9.17) is 0 Å². The fraction of sp³-hybridized carbons (Fsp3) is 0.300. The summed E-state index contributed by atoms with van der Waals surface area (Å²) in [6.07, 6.45) is 2.37. The second kappa shape index (κ2) is 7.92. The molecule has 0 bridgehead atoms. The van der Waals surface area contributed by atoms with Crippen LogP contribution in [0.25, 0.3) is 0 Å². The Labute approximate surface area is 158 Å². The number of fused-ring (bicyclic) bond motifs is 2. The molecule has 1 heterocycles. The Morgan fingerprint density at radius 1 is 0.963 bits per heavy atom. The zero-order valence-electron chi connectivity index (χ0n) is 15.1. The van der Waals surface area contributed by atoms with Gasteiger partial charge in [0.05, 0.1) is 28.2 Å². The van der Waals surface area contributed by atoms with Crippen LogP contribution < -0.4 is 4.90 Å². The van der Waals surface area contributed by atoms with Crippen molar-refractivity contribution in [2.24, 2.45) is 0 Å². The minimum atomic E-state index is -3.78. The van der Waals surface area contributed by atoms with Crippen LogP contribution in [0.1, 0.15) is 36.0 Å². The Balaban J connectivity index is 1.90. The third kappa shape index (κ3) is 3.73. The Kier molecular flexibility index (Phi) is 5.60. The van der Waals surface area contributed by atoms with Crippen LogP contribution in [0.5, 0.6) is 0 Å². The molecule has 0 saturated carbocycles. The first-order chi connectivity index (χ1) is 13.0. The van der Waals surface area contributed by atoms with E-state index < -0.39 is 9.84 Å². The van der Waals surface area contributed by atoms with E-state index in [9.17, 15) is 18.0 Å². The maximum Gasteiger partial charge on any atom is 0.305 e. The lowest BCUT2D eigenvalue weighted by Gasteiger charge is -2.22. The van der Waals surface area contributed by atoms with Crippen LogP contribution in [-0.4, -0.2) is 33.9 Å². The lowest BCUT2D eigenvalue weighted by Crippen LogP contribution is -2.31. The number of unbranched alkanes of at least 4 members (excludes halogenated alkanes) is 2. The standard InChI is InChI=1S/C20H21NO5S/c1-26-19(22)13-3-2-8-14-21-16-10-5-7-12-18(16)27(24,25)17-11-6-4-9-15(17)20(21)23/h4-7,9-12H,2-3,8,13-14H2,1H3. The summed E-state index contributed by atoms with van der Waals surface area (Å²) in [6, 6.07) is 12.9. The minimum absolute atomic E-state index is 0.0376. The Hall–Kier alpha value is -2.67. The highest BCUT2D eigenvalue weighted by molar-refractivity contribution is 7.91. The fourth-order valence-electron chi connectivity index (χ4n) is 3.20. The van der Waals surface area contributed by atoms with E-state index in [0.717, 1.165) is 6.42 Å². The van der Waals surface area contributed by atoms with E-state index in [1.54, 1.807) is 36.4 Å². The van der Waals surface area contributed by atoms with E-state index in [1.807, 2.05) is 0 Å². The van der Waals surface area contributed by atoms with Gasteiger partial charge in [-0.3, -0.25) is 9.59 Å². The molecule has 0 saturated heterocycles. The van der Waals surface area contributed by atoms with Gasteiger partial charge in [-0.15, -0.1) is 0 Å². The monoisotopic (exact) mass is 387 g/mol. The summed E-state index contributed by atoms with van der Waals surface area (Å²) in [5.41, 5.74) is 0.579. The fourth-order valence-corrected chi connectivity index (χ4v) is 4.85. The van der Waals surface area contributed by atoms with Crippen LogP contribution >= 0.6 is 0 Å². The highest BCUT2D eigenvalue weighted by atomic mass is 32.2. The van der Waals surface area contributed by atoms with Crippen molar-refractivity contribution in [3.05, 3.63) is 54.1 Å². The van der Waals surface area contributed by atoms with Gasteiger partial charge >= 0.3 is 5.97 Å². The van der Waals surface area contributed by atoms with E-state index in [-0.39, 0.29) is 27.2 Å². The molecule has 3 rings (SSSR count). The zero-order chi connectivity index (χ0) is 19.4. The van der Waals surface area contributed by atoms with Gasteiger partial charge in [0.2, 0.25) is 9.84 Å². The second-order valence-electron chi connectivity index (χ2n) is 6.31. The molecule has 0 atom stereocenters. The Morgan fingerprint density at radius 3 is 2.37 bits per heavy atom. The molecule has 0 aromatic heterocycles. The molecule has 1 amide bonds. The number of methoxy groups -OCH3 is 1. The lowest BCUT2D eigenvalue weighted by atomic mass is 10.1. The van der Waals surface area contributed by atoms with Crippen LogP contribution in [0.3, 0.4) is 0 Å². The van der Waals surface area contributed by atoms with Gasteiger partial charge in [-0.05, 0) is 37.1 Å². The summed E-state index contributed by atoms with van der Waals surface area (Å²) >= 11 is 0. The molecule has 2 aromatic rings. The van der Waals surface area contributed by atoms with E-state index in [1.165, 1.54) is 24.1 Å². The quantitative estimate of drug-likeness (QED) is 0.562. The first-order valence-electron chi connectivity index (χ1n) is 8.78. The van der Waals surface area contributed by atoms with Gasteiger partial charge in [0.25, 0.3) is 5.91 Å². The Morgan fingerprint density at radius 2 is 1.63 bits per heavy atom. The number of benzene rings is 2. The number of esters is 1. The molecule has 0 spiro atoms. The Bertz CT molecular complexity index is 968. The molecule has 0 aliphatic carbocycles. The molecular weight excluding hydrogens is 366 g/mol. The summed E-state index contributed by atoms with van der Waals surface area (Å²) in [6.45, 7) is 0.376. The number of sulfone groups is 1. The summed E-state index contributed by atoms with van der Waals surface area (Å²) in [7, 11) is -2.42. The van der Waals surface area contributed by atoms with E-state index >= 15 is 0 Å². The number of amides is 1. The largest absolute Gasteiger partial charge is 0.469 e. The third-order valence-corrected chi connectivity index (χ3v) is 6.45. The van der Waals surface area contributed by atoms with Crippen LogP contribution in [0.15, 0.2) is 58.3 Å². The van der Waals surface area contributed by atoms with Gasteiger partial charge in [0.1, 0.15) is 0 Å². The summed E-state index contributed by atoms with van der Waals surface area (Å²) in [5.74, 6) is -0.585. The number of ether oxygens (including phenoxy) is 1. The van der Waals surface area contributed by atoms with Crippen molar-refractivity contribution in [1.29, 1.82) is 0 Å². The summed E-state index contributed by atoms with van der Waals surface area (Å²) < 4.78 is 30.7. The van der Waals surface area contributed by atoms with Crippen LogP contribution in [-0.2, 0) is 19.4 Å². The number of anilines is 1. The number of carbonyl (C=O) groups is 2. The molecule has 142 valence electrons. The topological polar surface area (TPSA) is 80.8 Å². The zero-order valence-corrected chi connectivity index (χ0v) is 15.9. The normalized spacial score (nSPS) is 14.9. The highest BCUT2D eigenvalue weighted by Crippen LogP contribution is 2.36. The van der Waals surface area contributed by atoms with E-state index in [0.29, 0.717) is 31.5 Å². The van der Waals surface area contributed by atoms with Gasteiger partial charge in [-0.25, -0.2) is 8.42 Å². The maximum absolute atomic E-state index is 13.1. The first-order valence-corrected chi connectivity index (χ1v) is 10.3. The molecule has 0 radical (unpaired) electrons. The van der Waals surface area contributed by atoms with E-state index in [2.05, 4.69) is 4.74 Å². The van der Waals surface area contributed by atoms with Gasteiger partial charge in [0, 0.05) is 13.0 Å². The van der Waals surface area contributed by atoms with Crippen LogP contribution in [0, 0.1) is 0 Å². The predicted molar refractivity (Wildman–Crippen MR) is 100 cm³/mol. The van der Waals surface area contributed by atoms with Crippen LogP contribution in [0.4, 0.5) is 5.69 Å². The number of para-hydroxylation sites is 1. The number of hydrogen-bond donors (Lipinski definition) is 0. The lowest BCUT2D eigenvalue weighted by molar-refractivity contribution is -0.140. The minimum Gasteiger partial charge on any atom is -0.469 e. The molecule has 7 heteroatoms. The average molecular weight is 387 g/mol. The number of rotatable bonds is 6. The number of nitrogens with zero attached hydrogens (tertiary/aromatic N) is 1. The molecular formula is C20H21NO5S. The van der Waals surface area contributed by atoms with Gasteiger partial charge in [-0.2, -0.15) is 0 Å². The van der Waals surface area contributed by atoms with Gasteiger partial charge in [-0.1, -0.05) is 30.7 Å². The molecule has 27 heavy (non-hydrogen) atoms.